The second-order valence-electron chi connectivity index (χ2n) is 9.45. The average Bonchev–Trinajstić information content (AvgIpc) is 3.29. The Kier molecular flexibility index (Phi) is 10.2. The highest BCUT2D eigenvalue weighted by atomic mass is 19.1. The van der Waals surface area contributed by atoms with Crippen molar-refractivity contribution in [1.29, 1.82) is 0 Å². The zero-order valence-electron chi connectivity index (χ0n) is 23.3. The molecule has 9 nitrogen and oxygen atoms in total. The van der Waals surface area contributed by atoms with Crippen LogP contribution in [0, 0.1) is 18.2 Å². The lowest BCUT2D eigenvalue weighted by Gasteiger charge is -2.25. The minimum atomic E-state index is -1.24. The van der Waals surface area contributed by atoms with Crippen LogP contribution in [0.5, 0.6) is 11.6 Å². The SMILES string of the molecule is C#Cc1ccc(NC(=O)C([C@@H](C)c2ccccc2)n2c(O)c(-c3ccc(OCCOCCOC)cc3)[nH]c2=O)c(F)c1. The predicted octanol–water partition coefficient (Wildman–Crippen LogP) is 4.69. The van der Waals surface area contributed by atoms with Crippen molar-refractivity contribution in [3.63, 3.8) is 0 Å². The molecule has 2 atom stereocenters. The van der Waals surface area contributed by atoms with E-state index in [1.165, 1.54) is 12.1 Å². The Morgan fingerprint density at radius 1 is 1.07 bits per heavy atom. The molecular formula is C32H32FN3O6. The number of benzene rings is 3. The van der Waals surface area contributed by atoms with Gasteiger partial charge in [-0.25, -0.2) is 13.8 Å². The average molecular weight is 574 g/mol. The number of imidazole rings is 1. The van der Waals surface area contributed by atoms with Crippen LogP contribution in [0.15, 0.2) is 77.6 Å². The lowest BCUT2D eigenvalue weighted by atomic mass is 9.92. The van der Waals surface area contributed by atoms with Crippen molar-refractivity contribution in [1.82, 2.24) is 9.55 Å². The van der Waals surface area contributed by atoms with E-state index in [0.29, 0.717) is 43.3 Å². The van der Waals surface area contributed by atoms with Gasteiger partial charge in [0.25, 0.3) is 0 Å². The van der Waals surface area contributed by atoms with Crippen molar-refractivity contribution in [2.24, 2.45) is 0 Å². The van der Waals surface area contributed by atoms with Crippen molar-refractivity contribution in [2.75, 3.05) is 38.9 Å². The van der Waals surface area contributed by atoms with Crippen molar-refractivity contribution >= 4 is 11.6 Å². The Bertz CT molecular complexity index is 1590. The zero-order valence-corrected chi connectivity index (χ0v) is 23.3. The summed E-state index contributed by atoms with van der Waals surface area (Å²) in [6.07, 6.45) is 5.34. The van der Waals surface area contributed by atoms with E-state index in [1.807, 2.05) is 18.2 Å². The molecule has 4 rings (SSSR count). The van der Waals surface area contributed by atoms with E-state index in [4.69, 9.17) is 20.6 Å². The van der Waals surface area contributed by atoms with Crippen LogP contribution < -0.4 is 15.7 Å². The van der Waals surface area contributed by atoms with Crippen molar-refractivity contribution in [3.05, 3.63) is 100 Å². The quantitative estimate of drug-likeness (QED) is 0.158. The Balaban J connectivity index is 1.62. The third-order valence-electron chi connectivity index (χ3n) is 6.71. The van der Waals surface area contributed by atoms with Gasteiger partial charge in [-0.05, 0) is 48.0 Å². The number of aromatic amines is 1. The maximum Gasteiger partial charge on any atom is 0.329 e. The maximum absolute atomic E-state index is 14.7. The molecule has 1 amide bonds. The summed E-state index contributed by atoms with van der Waals surface area (Å²) >= 11 is 0. The van der Waals surface area contributed by atoms with Crippen LogP contribution in [0.3, 0.4) is 0 Å². The number of halogens is 1. The molecule has 218 valence electrons. The summed E-state index contributed by atoms with van der Waals surface area (Å²) in [6, 6.07) is 18.5. The second kappa shape index (κ2) is 14.2. The number of hydrogen-bond acceptors (Lipinski definition) is 6. The molecule has 1 heterocycles. The summed E-state index contributed by atoms with van der Waals surface area (Å²) in [5.74, 6) is 0.466. The fourth-order valence-electron chi connectivity index (χ4n) is 4.50. The molecule has 0 spiro atoms. The topological polar surface area (TPSA) is 115 Å². The number of hydrogen-bond donors (Lipinski definition) is 3. The molecule has 0 aliphatic heterocycles. The highest BCUT2D eigenvalue weighted by molar-refractivity contribution is 5.95. The largest absolute Gasteiger partial charge is 0.493 e. The summed E-state index contributed by atoms with van der Waals surface area (Å²) in [5, 5.41) is 13.8. The van der Waals surface area contributed by atoms with E-state index in [9.17, 15) is 19.1 Å². The van der Waals surface area contributed by atoms with Gasteiger partial charge in [-0.1, -0.05) is 43.2 Å². The maximum atomic E-state index is 14.7. The van der Waals surface area contributed by atoms with Gasteiger partial charge < -0.3 is 29.6 Å². The molecule has 0 saturated heterocycles. The number of nitrogens with one attached hydrogen (secondary N) is 2. The minimum Gasteiger partial charge on any atom is -0.493 e. The van der Waals surface area contributed by atoms with E-state index in [0.717, 1.165) is 16.2 Å². The van der Waals surface area contributed by atoms with Gasteiger partial charge in [-0.15, -0.1) is 6.42 Å². The third kappa shape index (κ3) is 7.07. The van der Waals surface area contributed by atoms with Gasteiger partial charge in [-0.2, -0.15) is 0 Å². The van der Waals surface area contributed by atoms with Crippen molar-refractivity contribution < 1.29 is 28.5 Å². The molecule has 0 bridgehead atoms. The second-order valence-corrected chi connectivity index (χ2v) is 9.45. The number of aromatic nitrogens is 2. The number of ether oxygens (including phenoxy) is 3. The van der Waals surface area contributed by atoms with Crippen LogP contribution in [0.25, 0.3) is 11.3 Å². The predicted molar refractivity (Wildman–Crippen MR) is 157 cm³/mol. The lowest BCUT2D eigenvalue weighted by molar-refractivity contribution is -0.120. The van der Waals surface area contributed by atoms with Crippen LogP contribution in [-0.2, 0) is 14.3 Å². The Hall–Kier alpha value is -4.85. The number of aromatic hydroxyl groups is 1. The van der Waals surface area contributed by atoms with Gasteiger partial charge in [0.05, 0.1) is 25.5 Å². The van der Waals surface area contributed by atoms with Crippen molar-refractivity contribution in [3.8, 4) is 35.2 Å². The Labute approximate surface area is 242 Å². The molecule has 0 saturated carbocycles. The lowest BCUT2D eigenvalue weighted by Crippen LogP contribution is -2.35. The zero-order chi connectivity index (χ0) is 30.1. The first-order chi connectivity index (χ1) is 20.3. The number of amides is 1. The number of rotatable bonds is 13. The number of nitrogens with zero attached hydrogens (tertiary/aromatic N) is 1. The van der Waals surface area contributed by atoms with Gasteiger partial charge in [0.1, 0.15) is 29.9 Å². The first-order valence-corrected chi connectivity index (χ1v) is 13.3. The van der Waals surface area contributed by atoms with E-state index in [2.05, 4.69) is 16.2 Å². The normalized spacial score (nSPS) is 12.3. The van der Waals surface area contributed by atoms with E-state index >= 15 is 0 Å². The highest BCUT2D eigenvalue weighted by Crippen LogP contribution is 2.35. The standard InChI is InChI=1S/C32H32FN3O6/c1-4-22-10-15-27(26(33)20-22)34-30(37)29(21(2)23-8-6-5-7-9-23)36-31(38)28(35-32(36)39)24-11-13-25(14-12-24)42-19-18-41-17-16-40-3/h1,5-15,20-21,29,38H,16-19H2,2-3H3,(H,34,37)(H,35,39)/t21-,29?/m0/s1. The van der Waals surface area contributed by atoms with E-state index in [-0.39, 0.29) is 11.4 Å². The van der Waals surface area contributed by atoms with Gasteiger partial charge >= 0.3 is 5.69 Å². The number of terminal acetylenes is 1. The molecule has 0 radical (unpaired) electrons. The van der Waals surface area contributed by atoms with Gasteiger partial charge in [-0.3, -0.25) is 4.79 Å². The molecule has 0 fully saturated rings. The molecule has 0 aliphatic rings. The summed E-state index contributed by atoms with van der Waals surface area (Å²) in [7, 11) is 1.60. The summed E-state index contributed by atoms with van der Waals surface area (Å²) in [6.45, 7) is 3.45. The number of H-pyrrole nitrogens is 1. The van der Waals surface area contributed by atoms with E-state index in [1.54, 1.807) is 50.4 Å². The van der Waals surface area contributed by atoms with Gasteiger partial charge in [0.2, 0.25) is 11.8 Å². The summed E-state index contributed by atoms with van der Waals surface area (Å²) in [4.78, 5) is 29.6. The third-order valence-corrected chi connectivity index (χ3v) is 6.71. The number of methoxy groups -OCH3 is 1. The highest BCUT2D eigenvalue weighted by Gasteiger charge is 2.33. The molecule has 3 N–H and O–H groups in total. The summed E-state index contributed by atoms with van der Waals surface area (Å²) < 4.78 is 31.7. The summed E-state index contributed by atoms with van der Waals surface area (Å²) in [5.41, 5.74) is 0.860. The van der Waals surface area contributed by atoms with E-state index < -0.39 is 35.3 Å². The molecule has 3 aromatic carbocycles. The van der Waals surface area contributed by atoms with Gasteiger partial charge in [0.15, 0.2) is 0 Å². The molecule has 1 aromatic heterocycles. The molecule has 0 aliphatic carbocycles. The first-order valence-electron chi connectivity index (χ1n) is 13.3. The number of carbonyl (C=O) groups excluding carboxylic acids is 1. The Morgan fingerprint density at radius 3 is 2.45 bits per heavy atom. The smallest absolute Gasteiger partial charge is 0.329 e. The minimum absolute atomic E-state index is 0.104. The number of anilines is 1. The Morgan fingerprint density at radius 2 is 1.79 bits per heavy atom. The van der Waals surface area contributed by atoms with Crippen molar-refractivity contribution in [2.45, 2.75) is 18.9 Å². The molecular weight excluding hydrogens is 541 g/mol. The van der Waals surface area contributed by atoms with Crippen LogP contribution >= 0.6 is 0 Å². The van der Waals surface area contributed by atoms with Gasteiger partial charge in [0, 0.05) is 24.2 Å². The number of carbonyl (C=O) groups is 1. The van der Waals surface area contributed by atoms with Crippen LogP contribution in [0.2, 0.25) is 0 Å². The molecule has 42 heavy (non-hydrogen) atoms. The first kappa shape index (κ1) is 30.1. The fourth-order valence-corrected chi connectivity index (χ4v) is 4.50. The molecule has 1 unspecified atom stereocenters. The molecule has 4 aromatic rings. The van der Waals surface area contributed by atoms with Crippen LogP contribution in [0.1, 0.15) is 30.0 Å². The molecule has 10 heteroatoms. The monoisotopic (exact) mass is 573 g/mol. The van der Waals surface area contributed by atoms with Crippen LogP contribution in [-0.4, -0.2) is 54.1 Å². The fraction of sp³-hybridized carbons (Fsp3) is 0.250. The van der Waals surface area contributed by atoms with Crippen LogP contribution in [0.4, 0.5) is 10.1 Å².